The van der Waals surface area contributed by atoms with Crippen LogP contribution in [-0.4, -0.2) is 29.2 Å². The molecule has 2 aromatic rings. The largest absolute Gasteiger partial charge is 0.382 e. The summed E-state index contributed by atoms with van der Waals surface area (Å²) in [7, 11) is 3.77. The SMILES string of the molecule is Cc1ccc(-c2cc(/C(C#N)=C/N(C)C)[nH]n2)cc1. The molecule has 0 radical (unpaired) electrons. The third-order valence-corrected chi connectivity index (χ3v) is 2.72. The van der Waals surface area contributed by atoms with E-state index in [0.29, 0.717) is 5.57 Å². The summed E-state index contributed by atoms with van der Waals surface area (Å²) in [5.74, 6) is 0. The molecule has 2 rings (SSSR count). The van der Waals surface area contributed by atoms with Crippen molar-refractivity contribution in [3.05, 3.63) is 47.8 Å². The van der Waals surface area contributed by atoms with Gasteiger partial charge in [-0.1, -0.05) is 29.8 Å². The number of allylic oxidation sites excluding steroid dienone is 1. The van der Waals surface area contributed by atoms with Gasteiger partial charge in [-0.15, -0.1) is 0 Å². The van der Waals surface area contributed by atoms with Crippen molar-refractivity contribution in [3.8, 4) is 17.3 Å². The molecule has 4 nitrogen and oxygen atoms in total. The highest BCUT2D eigenvalue weighted by atomic mass is 15.1. The molecule has 1 heterocycles. The van der Waals surface area contributed by atoms with Gasteiger partial charge in [0, 0.05) is 25.9 Å². The van der Waals surface area contributed by atoms with Crippen LogP contribution < -0.4 is 0 Å². The second-order valence-corrected chi connectivity index (χ2v) is 4.65. The number of H-pyrrole nitrogens is 1. The van der Waals surface area contributed by atoms with Gasteiger partial charge in [0.05, 0.1) is 17.0 Å². The van der Waals surface area contributed by atoms with Crippen molar-refractivity contribution in [2.24, 2.45) is 0 Å². The second kappa shape index (κ2) is 5.40. The molecule has 0 bridgehead atoms. The topological polar surface area (TPSA) is 55.7 Å². The zero-order valence-corrected chi connectivity index (χ0v) is 11.3. The molecule has 0 aliphatic carbocycles. The number of nitrogens with zero attached hydrogens (tertiary/aromatic N) is 3. The summed E-state index contributed by atoms with van der Waals surface area (Å²) in [6.07, 6.45) is 1.77. The highest BCUT2D eigenvalue weighted by Crippen LogP contribution is 2.21. The molecule has 4 heteroatoms. The Morgan fingerprint density at radius 1 is 1.32 bits per heavy atom. The van der Waals surface area contributed by atoms with Crippen LogP contribution in [0.1, 0.15) is 11.3 Å². The van der Waals surface area contributed by atoms with E-state index in [0.717, 1.165) is 17.0 Å². The molecule has 0 spiro atoms. The molecule has 1 aromatic heterocycles. The van der Waals surface area contributed by atoms with Crippen LogP contribution >= 0.6 is 0 Å². The lowest BCUT2D eigenvalue weighted by Crippen LogP contribution is -2.02. The molecule has 19 heavy (non-hydrogen) atoms. The molecule has 0 saturated heterocycles. The average molecular weight is 252 g/mol. The zero-order chi connectivity index (χ0) is 13.8. The van der Waals surface area contributed by atoms with Gasteiger partial charge in [0.15, 0.2) is 0 Å². The number of nitrogens with one attached hydrogen (secondary N) is 1. The monoisotopic (exact) mass is 252 g/mol. The van der Waals surface area contributed by atoms with Crippen molar-refractivity contribution < 1.29 is 0 Å². The number of aromatic amines is 1. The summed E-state index contributed by atoms with van der Waals surface area (Å²) in [6, 6.07) is 12.2. The Kier molecular flexibility index (Phi) is 3.67. The first-order valence-corrected chi connectivity index (χ1v) is 6.01. The van der Waals surface area contributed by atoms with Crippen LogP contribution in [-0.2, 0) is 0 Å². The molecule has 0 saturated carbocycles. The Morgan fingerprint density at radius 2 is 2.00 bits per heavy atom. The smallest absolute Gasteiger partial charge is 0.103 e. The maximum absolute atomic E-state index is 9.15. The van der Waals surface area contributed by atoms with E-state index in [4.69, 9.17) is 5.26 Å². The van der Waals surface area contributed by atoms with Crippen molar-refractivity contribution in [2.45, 2.75) is 6.92 Å². The second-order valence-electron chi connectivity index (χ2n) is 4.65. The minimum Gasteiger partial charge on any atom is -0.382 e. The molecule has 96 valence electrons. The highest BCUT2D eigenvalue weighted by molar-refractivity contribution is 5.76. The number of hydrogen-bond donors (Lipinski definition) is 1. The van der Waals surface area contributed by atoms with Gasteiger partial charge in [-0.05, 0) is 13.0 Å². The Balaban J connectivity index is 2.34. The van der Waals surface area contributed by atoms with Crippen molar-refractivity contribution in [1.82, 2.24) is 15.1 Å². The molecule has 1 aromatic carbocycles. The fraction of sp³-hybridized carbons (Fsp3) is 0.200. The predicted octanol–water partition coefficient (Wildman–Crippen LogP) is 2.81. The van der Waals surface area contributed by atoms with Gasteiger partial charge in [-0.3, -0.25) is 5.10 Å². The Labute approximate surface area is 113 Å². The Hall–Kier alpha value is -2.54. The number of hydrogen-bond acceptors (Lipinski definition) is 3. The van der Waals surface area contributed by atoms with Crippen LogP contribution in [0.3, 0.4) is 0 Å². The lowest BCUT2D eigenvalue weighted by atomic mass is 10.1. The first-order chi connectivity index (χ1) is 9.10. The molecule has 0 amide bonds. The van der Waals surface area contributed by atoms with Gasteiger partial charge in [-0.2, -0.15) is 10.4 Å². The van der Waals surface area contributed by atoms with E-state index in [2.05, 4.69) is 16.3 Å². The van der Waals surface area contributed by atoms with Crippen LogP contribution in [0.4, 0.5) is 0 Å². The summed E-state index contributed by atoms with van der Waals surface area (Å²) in [6.45, 7) is 2.05. The first-order valence-electron chi connectivity index (χ1n) is 6.01. The number of rotatable bonds is 3. The highest BCUT2D eigenvalue weighted by Gasteiger charge is 2.07. The summed E-state index contributed by atoms with van der Waals surface area (Å²) in [5.41, 5.74) is 4.39. The maximum Gasteiger partial charge on any atom is 0.103 e. The number of benzene rings is 1. The van der Waals surface area contributed by atoms with Crippen LogP contribution in [0.25, 0.3) is 16.8 Å². The Morgan fingerprint density at radius 3 is 2.58 bits per heavy atom. The fourth-order valence-electron chi connectivity index (χ4n) is 1.75. The predicted molar refractivity (Wildman–Crippen MR) is 76.0 cm³/mol. The zero-order valence-electron chi connectivity index (χ0n) is 11.3. The van der Waals surface area contributed by atoms with Crippen molar-refractivity contribution in [2.75, 3.05) is 14.1 Å². The standard InChI is InChI=1S/C15H16N4/c1-11-4-6-12(7-5-11)14-8-15(18-17-14)13(9-16)10-19(2)3/h4-8,10H,1-3H3,(H,17,18)/b13-10+. The van der Waals surface area contributed by atoms with Crippen LogP contribution in [0.5, 0.6) is 0 Å². The molecule has 0 aliphatic heterocycles. The molecule has 0 atom stereocenters. The van der Waals surface area contributed by atoms with Crippen molar-refractivity contribution in [3.63, 3.8) is 0 Å². The summed E-state index contributed by atoms with van der Waals surface area (Å²) in [4.78, 5) is 1.84. The lowest BCUT2D eigenvalue weighted by molar-refractivity contribution is 0.566. The third kappa shape index (κ3) is 3.02. The van der Waals surface area contributed by atoms with E-state index < -0.39 is 0 Å². The molecule has 1 N–H and O–H groups in total. The fourth-order valence-corrected chi connectivity index (χ4v) is 1.75. The molecule has 0 aliphatic rings. The van der Waals surface area contributed by atoms with E-state index in [1.54, 1.807) is 6.20 Å². The van der Waals surface area contributed by atoms with Gasteiger partial charge in [0.25, 0.3) is 0 Å². The van der Waals surface area contributed by atoms with Gasteiger partial charge in [-0.25, -0.2) is 0 Å². The van der Waals surface area contributed by atoms with Crippen molar-refractivity contribution >= 4 is 5.57 Å². The van der Waals surface area contributed by atoms with E-state index in [-0.39, 0.29) is 0 Å². The normalized spacial score (nSPS) is 11.2. The van der Waals surface area contributed by atoms with Crippen LogP contribution in [0.15, 0.2) is 36.5 Å². The Bertz CT molecular complexity index is 627. The first kappa shape index (κ1) is 12.9. The third-order valence-electron chi connectivity index (χ3n) is 2.72. The summed E-state index contributed by atoms with van der Waals surface area (Å²) < 4.78 is 0. The van der Waals surface area contributed by atoms with Crippen LogP contribution in [0.2, 0.25) is 0 Å². The van der Waals surface area contributed by atoms with Gasteiger partial charge in [0.1, 0.15) is 6.07 Å². The minimum absolute atomic E-state index is 0.566. The van der Waals surface area contributed by atoms with Gasteiger partial charge >= 0.3 is 0 Å². The van der Waals surface area contributed by atoms with E-state index in [1.807, 2.05) is 56.3 Å². The molecule has 0 fully saturated rings. The number of aromatic nitrogens is 2. The summed E-state index contributed by atoms with van der Waals surface area (Å²) in [5, 5.41) is 16.3. The minimum atomic E-state index is 0.566. The molecular formula is C15H16N4. The number of aryl methyl sites for hydroxylation is 1. The van der Waals surface area contributed by atoms with E-state index in [9.17, 15) is 0 Å². The van der Waals surface area contributed by atoms with Crippen molar-refractivity contribution in [1.29, 1.82) is 5.26 Å². The van der Waals surface area contributed by atoms with Gasteiger partial charge in [0.2, 0.25) is 0 Å². The molecular weight excluding hydrogens is 236 g/mol. The quantitative estimate of drug-likeness (QED) is 0.854. The van der Waals surface area contributed by atoms with Gasteiger partial charge < -0.3 is 4.90 Å². The lowest BCUT2D eigenvalue weighted by Gasteiger charge is -2.04. The maximum atomic E-state index is 9.15. The van der Waals surface area contributed by atoms with E-state index in [1.165, 1.54) is 5.56 Å². The molecule has 0 unspecified atom stereocenters. The average Bonchev–Trinajstić information content (AvgIpc) is 2.86. The number of nitriles is 1. The van der Waals surface area contributed by atoms with E-state index >= 15 is 0 Å². The van der Waals surface area contributed by atoms with Crippen LogP contribution in [0, 0.1) is 18.3 Å². The summed E-state index contributed by atoms with van der Waals surface area (Å²) >= 11 is 0.